The Morgan fingerprint density at radius 3 is 2.68 bits per heavy atom. The molecule has 0 aromatic carbocycles. The Morgan fingerprint density at radius 2 is 2.11 bits per heavy atom. The Morgan fingerprint density at radius 1 is 1.37 bits per heavy atom. The molecule has 2 aliphatic carbocycles. The molecule has 2 aliphatic rings. The van der Waals surface area contributed by atoms with E-state index in [1.807, 2.05) is 0 Å². The lowest BCUT2D eigenvalue weighted by Gasteiger charge is -2.29. The second kappa shape index (κ2) is 6.23. The van der Waals surface area contributed by atoms with Crippen molar-refractivity contribution in [3.05, 3.63) is 0 Å². The van der Waals surface area contributed by atoms with Crippen LogP contribution in [0.25, 0.3) is 0 Å². The van der Waals surface area contributed by atoms with Crippen LogP contribution in [0.15, 0.2) is 0 Å². The summed E-state index contributed by atoms with van der Waals surface area (Å²) in [6, 6.07) is 0.768. The lowest BCUT2D eigenvalue weighted by atomic mass is 9.85. The van der Waals surface area contributed by atoms with Crippen LogP contribution in [0, 0.1) is 5.92 Å². The van der Waals surface area contributed by atoms with E-state index in [4.69, 9.17) is 5.73 Å². The van der Waals surface area contributed by atoms with Gasteiger partial charge in [0.15, 0.2) is 0 Å². The molecule has 0 aromatic heterocycles. The van der Waals surface area contributed by atoms with Gasteiger partial charge in [-0.05, 0) is 57.5 Å². The quantitative estimate of drug-likeness (QED) is 0.708. The number of hydrogen-bond acceptors (Lipinski definition) is 3. The van der Waals surface area contributed by atoms with Crippen LogP contribution in [0.5, 0.6) is 0 Å². The third-order valence-electron chi connectivity index (χ3n) is 4.90. The first-order valence-corrected chi connectivity index (χ1v) is 7.84. The fourth-order valence-electron chi connectivity index (χ4n) is 3.39. The number of hydrogen-bond donors (Lipinski definition) is 2. The summed E-state index contributed by atoms with van der Waals surface area (Å²) >= 11 is 0. The minimum absolute atomic E-state index is 0.160. The summed E-state index contributed by atoms with van der Waals surface area (Å²) < 4.78 is 0. The highest BCUT2D eigenvalue weighted by molar-refractivity contribution is 5.79. The van der Waals surface area contributed by atoms with Gasteiger partial charge in [0, 0.05) is 6.04 Å². The van der Waals surface area contributed by atoms with Gasteiger partial charge in [-0.3, -0.25) is 4.79 Å². The zero-order valence-corrected chi connectivity index (χ0v) is 12.1. The molecule has 2 saturated carbocycles. The highest BCUT2D eigenvalue weighted by atomic mass is 16.4. The fourth-order valence-corrected chi connectivity index (χ4v) is 3.39. The molecule has 19 heavy (non-hydrogen) atoms. The summed E-state index contributed by atoms with van der Waals surface area (Å²) in [5.74, 6) is -0.644. The van der Waals surface area contributed by atoms with E-state index in [0.29, 0.717) is 6.42 Å². The molecule has 0 saturated heterocycles. The largest absolute Gasteiger partial charge is 0.480 e. The molecule has 2 fully saturated rings. The molecule has 4 heteroatoms. The molecule has 0 bridgehead atoms. The maximum absolute atomic E-state index is 11.4. The van der Waals surface area contributed by atoms with Crippen molar-refractivity contribution in [2.24, 2.45) is 11.7 Å². The van der Waals surface area contributed by atoms with Gasteiger partial charge < -0.3 is 15.7 Å². The highest BCUT2D eigenvalue weighted by Gasteiger charge is 2.45. The molecular formula is C15H28N2O2. The van der Waals surface area contributed by atoms with E-state index in [9.17, 15) is 9.90 Å². The van der Waals surface area contributed by atoms with Crippen molar-refractivity contribution >= 4 is 5.97 Å². The van der Waals surface area contributed by atoms with Gasteiger partial charge >= 0.3 is 5.97 Å². The van der Waals surface area contributed by atoms with Gasteiger partial charge in [-0.15, -0.1) is 0 Å². The standard InChI is InChI=1S/C15H28N2O2/c1-2-3-10-17(13-6-7-13)11-8-12-5-4-9-15(12,16)14(18)19/h12-13H,2-11,16H2,1H3,(H,18,19). The van der Waals surface area contributed by atoms with E-state index in [0.717, 1.165) is 31.8 Å². The van der Waals surface area contributed by atoms with Gasteiger partial charge in [-0.1, -0.05) is 19.8 Å². The van der Waals surface area contributed by atoms with E-state index < -0.39 is 11.5 Å². The summed E-state index contributed by atoms with van der Waals surface area (Å²) in [4.78, 5) is 13.9. The molecule has 0 spiro atoms. The number of carboxylic acid groups (broad SMARTS) is 1. The van der Waals surface area contributed by atoms with Gasteiger partial charge in [-0.25, -0.2) is 0 Å². The number of nitrogens with two attached hydrogens (primary N) is 1. The molecule has 2 rings (SSSR count). The number of unbranched alkanes of at least 4 members (excludes halogenated alkanes) is 1. The summed E-state index contributed by atoms with van der Waals surface area (Å²) in [6.07, 6.45) is 8.65. The first-order chi connectivity index (χ1) is 9.08. The Hall–Kier alpha value is -0.610. The Kier molecular flexibility index (Phi) is 4.85. The van der Waals surface area contributed by atoms with Gasteiger partial charge in [0.05, 0.1) is 0 Å². The second-order valence-corrected chi connectivity index (χ2v) is 6.34. The number of aliphatic carboxylic acids is 1. The van der Waals surface area contributed by atoms with Crippen LogP contribution in [0.3, 0.4) is 0 Å². The van der Waals surface area contributed by atoms with E-state index in [1.54, 1.807) is 0 Å². The third-order valence-corrected chi connectivity index (χ3v) is 4.90. The smallest absolute Gasteiger partial charge is 0.323 e. The van der Waals surface area contributed by atoms with E-state index in [1.165, 1.54) is 32.2 Å². The SMILES string of the molecule is CCCCN(CCC1CCCC1(N)C(=O)O)C1CC1. The molecule has 0 radical (unpaired) electrons. The van der Waals surface area contributed by atoms with Crippen LogP contribution < -0.4 is 5.73 Å². The number of carbonyl (C=O) groups is 1. The first-order valence-electron chi connectivity index (χ1n) is 7.84. The lowest BCUT2D eigenvalue weighted by molar-refractivity contribution is -0.144. The van der Waals surface area contributed by atoms with Gasteiger partial charge in [0.1, 0.15) is 5.54 Å². The zero-order chi connectivity index (χ0) is 13.9. The van der Waals surface area contributed by atoms with E-state index in [2.05, 4.69) is 11.8 Å². The lowest BCUT2D eigenvalue weighted by Crippen LogP contribution is -2.51. The minimum atomic E-state index is -0.958. The maximum Gasteiger partial charge on any atom is 0.323 e. The van der Waals surface area contributed by atoms with Crippen LogP contribution in [0.2, 0.25) is 0 Å². The summed E-state index contributed by atoms with van der Waals surface area (Å²) in [5.41, 5.74) is 5.15. The summed E-state index contributed by atoms with van der Waals surface area (Å²) in [5, 5.41) is 9.33. The van der Waals surface area contributed by atoms with Crippen molar-refractivity contribution in [1.29, 1.82) is 0 Å². The molecule has 2 unspecified atom stereocenters. The van der Waals surface area contributed by atoms with Gasteiger partial charge in [0.2, 0.25) is 0 Å². The molecule has 0 amide bonds. The average Bonchev–Trinajstić information content (AvgIpc) is 3.14. The van der Waals surface area contributed by atoms with E-state index >= 15 is 0 Å². The van der Waals surface area contributed by atoms with Crippen LogP contribution in [0.4, 0.5) is 0 Å². The van der Waals surface area contributed by atoms with Gasteiger partial charge in [-0.2, -0.15) is 0 Å². The predicted molar refractivity (Wildman–Crippen MR) is 76.0 cm³/mol. The van der Waals surface area contributed by atoms with Crippen molar-refractivity contribution in [2.75, 3.05) is 13.1 Å². The zero-order valence-electron chi connectivity index (χ0n) is 12.1. The number of nitrogens with zero attached hydrogens (tertiary/aromatic N) is 1. The molecule has 4 nitrogen and oxygen atoms in total. The van der Waals surface area contributed by atoms with Crippen LogP contribution >= 0.6 is 0 Å². The Bertz CT molecular complexity index is 317. The topological polar surface area (TPSA) is 66.6 Å². The van der Waals surface area contributed by atoms with Crippen molar-refractivity contribution in [2.45, 2.75) is 69.9 Å². The van der Waals surface area contributed by atoms with Gasteiger partial charge in [0.25, 0.3) is 0 Å². The summed E-state index contributed by atoms with van der Waals surface area (Å²) in [6.45, 7) is 4.41. The average molecular weight is 268 g/mol. The molecule has 0 aromatic rings. The predicted octanol–water partition coefficient (Wildman–Crippen LogP) is 2.22. The van der Waals surface area contributed by atoms with Crippen LogP contribution in [-0.2, 0) is 4.79 Å². The normalized spacial score (nSPS) is 31.0. The van der Waals surface area contributed by atoms with Crippen molar-refractivity contribution in [3.8, 4) is 0 Å². The van der Waals surface area contributed by atoms with E-state index in [-0.39, 0.29) is 5.92 Å². The number of rotatable bonds is 8. The van der Waals surface area contributed by atoms with Crippen molar-refractivity contribution in [3.63, 3.8) is 0 Å². The maximum atomic E-state index is 11.4. The number of carboxylic acids is 1. The molecule has 3 N–H and O–H groups in total. The Labute approximate surface area is 116 Å². The second-order valence-electron chi connectivity index (χ2n) is 6.34. The van der Waals surface area contributed by atoms with Crippen LogP contribution in [-0.4, -0.2) is 40.6 Å². The monoisotopic (exact) mass is 268 g/mol. The minimum Gasteiger partial charge on any atom is -0.480 e. The fraction of sp³-hybridized carbons (Fsp3) is 0.933. The van der Waals surface area contributed by atoms with Crippen LogP contribution in [0.1, 0.15) is 58.3 Å². The third kappa shape index (κ3) is 3.48. The molecule has 110 valence electrons. The molecular weight excluding hydrogens is 240 g/mol. The molecule has 0 aliphatic heterocycles. The first kappa shape index (κ1) is 14.8. The highest BCUT2D eigenvalue weighted by Crippen LogP contribution is 2.37. The van der Waals surface area contributed by atoms with Crippen molar-refractivity contribution < 1.29 is 9.90 Å². The molecule has 0 heterocycles. The Balaban J connectivity index is 1.84. The molecule has 2 atom stereocenters. The van der Waals surface area contributed by atoms with Crippen molar-refractivity contribution in [1.82, 2.24) is 4.90 Å². The summed E-state index contributed by atoms with van der Waals surface area (Å²) in [7, 11) is 0.